The molecule has 23 N–H and O–H groups in total. The lowest BCUT2D eigenvalue weighted by Gasteiger charge is -2.36. The Balaban J connectivity index is 0.000000466. The maximum Gasteiger partial charge on any atom is 0.469 e. The molecule has 0 bridgehead atoms. The van der Waals surface area contributed by atoms with Gasteiger partial charge >= 0.3 is 37.0 Å². The van der Waals surface area contributed by atoms with E-state index in [4.69, 9.17) is 79.4 Å². The summed E-state index contributed by atoms with van der Waals surface area (Å²) in [6.45, 7) is 16.4. The molecule has 3 amide bonds. The van der Waals surface area contributed by atoms with Crippen LogP contribution in [0.4, 0.5) is 5.82 Å². The number of aromatic nitrogens is 2. The lowest BCUT2D eigenvalue weighted by Crippen LogP contribution is -2.47. The molecule has 0 spiro atoms. The Morgan fingerprint density at radius 1 is 0.699 bits per heavy atom. The van der Waals surface area contributed by atoms with E-state index in [1.165, 1.54) is 30.2 Å². The van der Waals surface area contributed by atoms with Crippen LogP contribution in [0.15, 0.2) is 66.5 Å². The second kappa shape index (κ2) is 38.2. The first-order chi connectivity index (χ1) is 45.8. The van der Waals surface area contributed by atoms with E-state index in [1.54, 1.807) is 13.1 Å². The van der Waals surface area contributed by atoms with E-state index in [9.17, 15) is 78.3 Å². The van der Waals surface area contributed by atoms with Gasteiger partial charge in [-0.2, -0.15) is 9.98 Å². The van der Waals surface area contributed by atoms with Crippen molar-refractivity contribution in [3.8, 4) is 0 Å². The van der Waals surface area contributed by atoms with E-state index in [0.29, 0.717) is 32.5 Å². The van der Waals surface area contributed by atoms with Crippen LogP contribution in [0.5, 0.6) is 0 Å². The number of halogens is 1. The van der Waals surface area contributed by atoms with E-state index in [0.717, 1.165) is 4.57 Å². The number of dihydropyridines is 1. The molecule has 0 saturated carbocycles. The molecule has 4 unspecified atom stereocenters. The fourth-order valence-corrected chi connectivity index (χ4v) is 12.5. The van der Waals surface area contributed by atoms with Gasteiger partial charge in [-0.3, -0.25) is 42.5 Å². The topological polar surface area (TPSA) is 689 Å². The molecule has 8 heterocycles. The van der Waals surface area contributed by atoms with Crippen molar-refractivity contribution in [2.24, 2.45) is 27.6 Å². The number of phosphoric acid groups is 4. The Kier molecular flexibility index (Phi) is 35.2. The van der Waals surface area contributed by atoms with Crippen molar-refractivity contribution in [1.82, 2.24) is 25.1 Å². The number of hydrogen-bond acceptors (Lipinski definition) is 31. The molecule has 1 aromatic rings. The zero-order valence-electron chi connectivity index (χ0n) is 54.3. The van der Waals surface area contributed by atoms with E-state index < -0.39 is 193 Å². The molecule has 590 valence electrons. The van der Waals surface area contributed by atoms with Gasteiger partial charge < -0.3 is 130 Å². The van der Waals surface area contributed by atoms with Crippen LogP contribution in [0.2, 0.25) is 18.1 Å². The molecule has 103 heavy (non-hydrogen) atoms. The van der Waals surface area contributed by atoms with Gasteiger partial charge in [0.05, 0.1) is 48.5 Å². The highest BCUT2D eigenvalue weighted by Gasteiger charge is 2.52. The van der Waals surface area contributed by atoms with Crippen molar-refractivity contribution >= 4 is 103 Å². The number of hydrogen-bond donors (Lipinski definition) is 21. The van der Waals surface area contributed by atoms with Crippen molar-refractivity contribution in [3.05, 3.63) is 67.7 Å². The summed E-state index contributed by atoms with van der Waals surface area (Å²) in [7, 11) is -21.1. The number of ether oxygens (including phenoxy) is 4. The minimum absolute atomic E-state index is 0. The second-order valence-corrected chi connectivity index (χ2v) is 35.4. The molecule has 1 aromatic heterocycles. The molecule has 7 aliphatic heterocycles. The van der Waals surface area contributed by atoms with Gasteiger partial charge in [-0.1, -0.05) is 68.7 Å². The van der Waals surface area contributed by atoms with Gasteiger partial charge in [0.25, 0.3) is 5.91 Å². The van der Waals surface area contributed by atoms with Gasteiger partial charge in [0.1, 0.15) is 115 Å². The molecule has 18 atom stereocenters. The van der Waals surface area contributed by atoms with Crippen LogP contribution in [-0.2, 0) is 80.7 Å². The normalized spacial score (nSPS) is 30.4. The smallest absolute Gasteiger partial charge is 0.412 e. The zero-order valence-corrected chi connectivity index (χ0v) is 61.0. The Hall–Kier alpha value is -4.27. The van der Waals surface area contributed by atoms with Crippen molar-refractivity contribution in [2.45, 2.75) is 193 Å². The van der Waals surface area contributed by atoms with Gasteiger partial charge in [-0.25, -0.2) is 28.0 Å². The Morgan fingerprint density at radius 2 is 1.12 bits per heavy atom. The van der Waals surface area contributed by atoms with Crippen LogP contribution < -0.4 is 27.8 Å². The SMILES string of the molecule is C.C.C.C=C1N=C(NC(C)=O)C(CC)=CN1C1O[C@H](COP(=O)(O)O)[C@@H](O)[C@H]1O.CC(C)(C)[Si](C)(C)OCc1cn(C2O[C@H](COP(=O)(O)O)[C@@H](O)[C@H]2O)c(=O)nc1N.CC1=C[C@H](C2O[C@H](COP(=O)(O)O)[C@@H](O)[C@H]2O)C(=O)NC1=N.NC1=NC(=O)[C@@H](C2O[C@H](COP(=O)(O)O)[C@@H](O)[C@H]2O)C=C1I. The molecular formula is C54H95IN10O33P4Si. The summed E-state index contributed by atoms with van der Waals surface area (Å²) < 4.78 is 89.3. The second-order valence-electron chi connectivity index (χ2n) is 24.5. The molecule has 7 aliphatic rings. The summed E-state index contributed by atoms with van der Waals surface area (Å²) in [5, 5.41) is 92.7. The number of nitrogens with two attached hydrogens (primary N) is 2. The minimum atomic E-state index is -4.80. The van der Waals surface area contributed by atoms with Crippen LogP contribution in [-0.4, -0.2) is 256 Å². The number of phosphoric ester groups is 4. The van der Waals surface area contributed by atoms with Crippen LogP contribution >= 0.6 is 53.9 Å². The van der Waals surface area contributed by atoms with Crippen molar-refractivity contribution < 1.29 is 154 Å². The number of anilines is 1. The molecule has 4 saturated heterocycles. The lowest BCUT2D eigenvalue weighted by atomic mass is 9.91. The highest BCUT2D eigenvalue weighted by atomic mass is 127. The van der Waals surface area contributed by atoms with Gasteiger partial charge in [0.15, 0.2) is 20.8 Å². The van der Waals surface area contributed by atoms with E-state index in [1.807, 2.05) is 29.5 Å². The predicted molar refractivity (Wildman–Crippen MR) is 371 cm³/mol. The number of carbonyl (C=O) groups is 3. The highest BCUT2D eigenvalue weighted by molar-refractivity contribution is 14.1. The summed E-state index contributed by atoms with van der Waals surface area (Å²) >= 11 is 1.86. The summed E-state index contributed by atoms with van der Waals surface area (Å²) in [5.41, 5.74) is 12.1. The summed E-state index contributed by atoms with van der Waals surface area (Å²) in [5.74, 6) is -2.94. The highest BCUT2D eigenvalue weighted by Crippen LogP contribution is 2.43. The first kappa shape index (κ1) is 94.8. The fraction of sp³-hybridized carbons (Fsp3) is 0.667. The third kappa shape index (κ3) is 26.2. The largest absolute Gasteiger partial charge is 0.469 e. The number of amidine groups is 3. The third-order valence-electron chi connectivity index (χ3n) is 16.1. The quantitative estimate of drug-likeness (QED) is 0.0375. The molecular weight excluding hydrogens is 1600 g/mol. The maximum absolute atomic E-state index is 12.3. The predicted octanol–water partition coefficient (Wildman–Crippen LogP) is -2.19. The lowest BCUT2D eigenvalue weighted by molar-refractivity contribution is -0.129. The summed E-state index contributed by atoms with van der Waals surface area (Å²) in [6.07, 6.45) is -14.9. The van der Waals surface area contributed by atoms with E-state index in [-0.39, 0.29) is 63.1 Å². The number of carbonyl (C=O) groups excluding carboxylic acids is 3. The van der Waals surface area contributed by atoms with Crippen molar-refractivity contribution in [3.63, 3.8) is 0 Å². The number of aliphatic hydroxyl groups excluding tert-OH is 8. The first-order valence-corrected chi connectivity index (χ1v) is 39.6. The van der Waals surface area contributed by atoms with Gasteiger partial charge in [-0.05, 0) is 59.6 Å². The molecule has 0 aromatic carbocycles. The maximum atomic E-state index is 12.3. The standard InChI is InChI=1S/C16H30N3O9PSi.C14H22N3O8P.C11H17N2O8P.C10H14IN2O8P.3CH4/c1-16(2,3)30(4,5)27-7-9-6-19(15(22)18-13(9)17)14-12(21)11(20)10(28-14)8-26-29(23,24)25;1-4-9-5-17(7(2)15-13(9)16-8(3)18)14-12(20)11(19)10(25-14)6-24-26(21,22)23;1-4-2-5(11(16)13-10(4)12)9-8(15)7(14)6(21-9)3-20-22(17,18)19;11-4-1-3(10(16)13-9(4)12)8-7(15)6(14)5(21-8)2-20-22(17,18)19;;;/h6,10-12,14,20-21H,7-8H2,1-5H3,(H2,17,18,22)(H2,23,24,25);5,10-12,14,19-20H,2,4,6H2,1,3H3,(H,15,16,18)(H2,21,22,23);2,5-9,14-15H,3H2,1H3,(H2,12,13,16)(H2,17,18,19);1,3,5-8,14-15H,2H2,(H2,12,13,16)(H2,17,18,19);3*1H4/t2*10-,11-,12-,14?;5-,6-,7-,8-,9?;3-,5-,6-,7-,8?;;;/m1111.../s1. The third-order valence-corrected chi connectivity index (χ3v) is 23.4. The van der Waals surface area contributed by atoms with E-state index in [2.05, 4.69) is 84.1 Å². The van der Waals surface area contributed by atoms with Gasteiger partial charge in [0, 0.05) is 30.5 Å². The monoisotopic (exact) mass is 1690 g/mol. The molecule has 4 fully saturated rings. The fourth-order valence-electron chi connectivity index (χ4n) is 9.68. The number of aliphatic imine (C=N–C) groups is 2. The Morgan fingerprint density at radius 3 is 1.54 bits per heavy atom. The van der Waals surface area contributed by atoms with Crippen LogP contribution in [0.3, 0.4) is 0 Å². The van der Waals surface area contributed by atoms with Crippen molar-refractivity contribution in [2.75, 3.05) is 32.2 Å². The van der Waals surface area contributed by atoms with Crippen molar-refractivity contribution in [1.29, 1.82) is 5.41 Å². The number of nitrogen functional groups attached to an aromatic ring is 1. The minimum Gasteiger partial charge on any atom is -0.412 e. The molecule has 0 radical (unpaired) electrons. The molecule has 49 heteroatoms. The van der Waals surface area contributed by atoms with E-state index >= 15 is 0 Å². The Bertz CT molecular complexity index is 3590. The molecule has 0 aliphatic carbocycles. The zero-order chi connectivity index (χ0) is 76.0. The molecule has 43 nitrogen and oxygen atoms in total. The average molecular weight is 1690 g/mol. The first-order valence-electron chi connectivity index (χ1n) is 29.5. The summed E-state index contributed by atoms with van der Waals surface area (Å²) in [6, 6.07) is 0. The molecule has 8 rings (SSSR count). The number of nitrogens with one attached hydrogen (secondary N) is 3. The van der Waals surface area contributed by atoms with Crippen LogP contribution in [0, 0.1) is 17.2 Å². The van der Waals surface area contributed by atoms with Crippen LogP contribution in [0.25, 0.3) is 0 Å². The number of amides is 3. The number of rotatable bonds is 20. The Labute approximate surface area is 605 Å². The average Bonchev–Trinajstić information content (AvgIpc) is 1.69. The summed E-state index contributed by atoms with van der Waals surface area (Å²) in [4.78, 5) is 130. The van der Waals surface area contributed by atoms with Gasteiger partial charge in [-0.15, -0.1) is 0 Å². The van der Waals surface area contributed by atoms with Crippen LogP contribution in [0.1, 0.15) is 82.0 Å². The van der Waals surface area contributed by atoms with Gasteiger partial charge in [0.2, 0.25) is 11.8 Å². The number of nitrogens with zero attached hydrogens (tertiary/aromatic N) is 5. The number of aliphatic hydroxyl groups is 8.